The van der Waals surface area contributed by atoms with Crippen molar-refractivity contribution >= 4 is 11.7 Å². The third-order valence-electron chi connectivity index (χ3n) is 2.92. The molecule has 0 fully saturated rings. The summed E-state index contributed by atoms with van der Waals surface area (Å²) < 4.78 is 0. The van der Waals surface area contributed by atoms with Crippen LogP contribution in [-0.4, -0.2) is 11.7 Å². The Morgan fingerprint density at radius 1 is 1.43 bits per heavy atom. The van der Waals surface area contributed by atoms with E-state index < -0.39 is 5.41 Å². The van der Waals surface area contributed by atoms with Gasteiger partial charge in [0.05, 0.1) is 0 Å². The van der Waals surface area contributed by atoms with Crippen LogP contribution >= 0.6 is 0 Å². The Labute approximate surface area is 84.6 Å². The smallest absolute Gasteiger partial charge is 0.238 e. The molecule has 1 atom stereocenters. The van der Waals surface area contributed by atoms with Gasteiger partial charge in [-0.15, -0.1) is 0 Å². The van der Waals surface area contributed by atoms with Crippen molar-refractivity contribution in [2.75, 3.05) is 0 Å². The van der Waals surface area contributed by atoms with Crippen molar-refractivity contribution in [3.05, 3.63) is 12.3 Å². The molecule has 1 rings (SSSR count). The topological polar surface area (TPSA) is 46.2 Å². The van der Waals surface area contributed by atoms with E-state index in [1.165, 1.54) is 12.3 Å². The lowest BCUT2D eigenvalue weighted by atomic mass is 9.69. The summed E-state index contributed by atoms with van der Waals surface area (Å²) in [5.74, 6) is -0.167. The van der Waals surface area contributed by atoms with Crippen LogP contribution in [0.25, 0.3) is 0 Å². The van der Waals surface area contributed by atoms with E-state index >= 15 is 0 Å². The zero-order valence-corrected chi connectivity index (χ0v) is 8.96. The highest BCUT2D eigenvalue weighted by Gasteiger charge is 2.47. The van der Waals surface area contributed by atoms with Crippen LogP contribution in [0.5, 0.6) is 0 Å². The summed E-state index contributed by atoms with van der Waals surface area (Å²) in [5, 5.41) is 2.63. The van der Waals surface area contributed by atoms with E-state index in [-0.39, 0.29) is 17.6 Å². The molecule has 0 radical (unpaired) electrons. The quantitative estimate of drug-likeness (QED) is 0.696. The Kier molecular flexibility index (Phi) is 3.09. The molecule has 1 aliphatic rings. The van der Waals surface area contributed by atoms with E-state index in [4.69, 9.17) is 0 Å². The molecular formula is C11H17NO2. The molecule has 0 aromatic rings. The van der Waals surface area contributed by atoms with Crippen LogP contribution < -0.4 is 5.32 Å². The average Bonchev–Trinajstić information content (AvgIpc) is 2.11. The second-order valence-corrected chi connectivity index (χ2v) is 4.05. The lowest BCUT2D eigenvalue weighted by molar-refractivity contribution is -0.143. The number of carbonyl (C=O) groups excluding carboxylic acids is 2. The molecule has 0 aliphatic carbocycles. The van der Waals surface area contributed by atoms with Crippen LogP contribution in [0.1, 0.15) is 33.6 Å². The summed E-state index contributed by atoms with van der Waals surface area (Å²) in [7, 11) is 0. The molecule has 1 unspecified atom stereocenters. The molecule has 0 aromatic heterocycles. The maximum atomic E-state index is 11.8. The maximum Gasteiger partial charge on any atom is 0.238 e. The first-order valence-corrected chi connectivity index (χ1v) is 5.07. The van der Waals surface area contributed by atoms with Gasteiger partial charge in [-0.2, -0.15) is 0 Å². The summed E-state index contributed by atoms with van der Waals surface area (Å²) in [6.07, 6.45) is 4.36. The molecule has 78 valence electrons. The van der Waals surface area contributed by atoms with Crippen LogP contribution in [0.15, 0.2) is 12.3 Å². The molecule has 1 heterocycles. The Morgan fingerprint density at radius 2 is 2.07 bits per heavy atom. The summed E-state index contributed by atoms with van der Waals surface area (Å²) >= 11 is 0. The number of amides is 1. The molecule has 0 spiro atoms. The van der Waals surface area contributed by atoms with Crippen molar-refractivity contribution in [2.24, 2.45) is 11.3 Å². The van der Waals surface area contributed by atoms with Crippen molar-refractivity contribution in [1.82, 2.24) is 5.32 Å². The van der Waals surface area contributed by atoms with Gasteiger partial charge in [0.25, 0.3) is 0 Å². The van der Waals surface area contributed by atoms with E-state index in [0.717, 1.165) is 6.42 Å². The van der Waals surface area contributed by atoms with Gasteiger partial charge >= 0.3 is 0 Å². The third-order valence-corrected chi connectivity index (χ3v) is 2.92. The van der Waals surface area contributed by atoms with E-state index in [0.29, 0.717) is 6.42 Å². The summed E-state index contributed by atoms with van der Waals surface area (Å²) in [4.78, 5) is 23.6. The molecule has 14 heavy (non-hydrogen) atoms. The number of carbonyl (C=O) groups is 2. The first-order valence-electron chi connectivity index (χ1n) is 5.07. The van der Waals surface area contributed by atoms with Gasteiger partial charge in [-0.3, -0.25) is 9.59 Å². The van der Waals surface area contributed by atoms with Crippen molar-refractivity contribution < 1.29 is 9.59 Å². The molecule has 0 saturated carbocycles. The predicted octanol–water partition coefficient (Wildman–Crippen LogP) is 1.64. The first kappa shape index (κ1) is 11.0. The zero-order valence-electron chi connectivity index (χ0n) is 8.96. The molecule has 3 nitrogen and oxygen atoms in total. The van der Waals surface area contributed by atoms with Crippen LogP contribution in [0.3, 0.4) is 0 Å². The second kappa shape index (κ2) is 3.95. The number of allylic oxidation sites excluding steroid dienone is 1. The molecule has 1 aliphatic heterocycles. The average molecular weight is 195 g/mol. The normalized spacial score (nSPS) is 26.9. The van der Waals surface area contributed by atoms with Gasteiger partial charge in [-0.25, -0.2) is 0 Å². The largest absolute Gasteiger partial charge is 0.332 e. The number of rotatable bonds is 3. The van der Waals surface area contributed by atoms with Crippen molar-refractivity contribution in [1.29, 1.82) is 0 Å². The molecule has 1 N–H and O–H groups in total. The van der Waals surface area contributed by atoms with Gasteiger partial charge < -0.3 is 5.32 Å². The van der Waals surface area contributed by atoms with Crippen molar-refractivity contribution in [3.63, 3.8) is 0 Å². The van der Waals surface area contributed by atoms with Gasteiger partial charge in [0.1, 0.15) is 5.41 Å². The number of nitrogens with one attached hydrogen (secondary N) is 1. The number of ketones is 1. The fourth-order valence-corrected chi connectivity index (χ4v) is 2.05. The lowest BCUT2D eigenvalue weighted by Crippen LogP contribution is -2.50. The van der Waals surface area contributed by atoms with Gasteiger partial charge in [0, 0.05) is 6.20 Å². The number of hydrogen-bond acceptors (Lipinski definition) is 2. The Bertz CT molecular complexity index is 281. The predicted molar refractivity (Wildman–Crippen MR) is 54.5 cm³/mol. The Morgan fingerprint density at radius 3 is 2.50 bits per heavy atom. The SMILES string of the molecule is CCCC1(C(C)C)C(=O)C=CNC1=O. The monoisotopic (exact) mass is 195 g/mol. The molecule has 0 bridgehead atoms. The fraction of sp³-hybridized carbons (Fsp3) is 0.636. The molecule has 0 aromatic carbocycles. The fourth-order valence-electron chi connectivity index (χ4n) is 2.05. The Hall–Kier alpha value is -1.12. The second-order valence-electron chi connectivity index (χ2n) is 4.05. The highest BCUT2D eigenvalue weighted by molar-refractivity contribution is 6.13. The Balaban J connectivity index is 3.11. The minimum atomic E-state index is -0.830. The minimum Gasteiger partial charge on any atom is -0.332 e. The van der Waals surface area contributed by atoms with Crippen LogP contribution in [-0.2, 0) is 9.59 Å². The third kappa shape index (κ3) is 1.47. The summed E-state index contributed by atoms with van der Waals surface area (Å²) in [5.41, 5.74) is -0.830. The molecular weight excluding hydrogens is 178 g/mol. The van der Waals surface area contributed by atoms with Crippen LogP contribution in [0, 0.1) is 11.3 Å². The highest BCUT2D eigenvalue weighted by Crippen LogP contribution is 2.36. The van der Waals surface area contributed by atoms with Crippen molar-refractivity contribution in [2.45, 2.75) is 33.6 Å². The van der Waals surface area contributed by atoms with E-state index in [2.05, 4.69) is 5.32 Å². The van der Waals surface area contributed by atoms with Gasteiger partial charge in [0.2, 0.25) is 5.91 Å². The van der Waals surface area contributed by atoms with Gasteiger partial charge in [-0.05, 0) is 18.4 Å². The zero-order chi connectivity index (χ0) is 10.8. The minimum absolute atomic E-state index is 0.0416. The summed E-state index contributed by atoms with van der Waals surface area (Å²) in [6, 6.07) is 0. The lowest BCUT2D eigenvalue weighted by Gasteiger charge is -2.35. The highest BCUT2D eigenvalue weighted by atomic mass is 16.2. The van der Waals surface area contributed by atoms with Crippen LogP contribution in [0.4, 0.5) is 0 Å². The van der Waals surface area contributed by atoms with E-state index in [9.17, 15) is 9.59 Å². The maximum absolute atomic E-state index is 11.8. The molecule has 3 heteroatoms. The molecule has 1 amide bonds. The molecule has 0 saturated heterocycles. The first-order chi connectivity index (χ1) is 6.55. The van der Waals surface area contributed by atoms with Gasteiger partial charge in [-0.1, -0.05) is 27.2 Å². The van der Waals surface area contributed by atoms with Crippen molar-refractivity contribution in [3.8, 4) is 0 Å². The van der Waals surface area contributed by atoms with E-state index in [1.54, 1.807) is 0 Å². The van der Waals surface area contributed by atoms with E-state index in [1.807, 2.05) is 20.8 Å². The standard InChI is InChI=1S/C11H17NO2/c1-4-6-11(8(2)3)9(13)5-7-12-10(11)14/h5,7-8H,4,6H2,1-3H3,(H,12,14). The number of hydrogen-bond donors (Lipinski definition) is 1. The van der Waals surface area contributed by atoms with Gasteiger partial charge in [0.15, 0.2) is 5.78 Å². The summed E-state index contributed by atoms with van der Waals surface area (Å²) in [6.45, 7) is 5.83. The van der Waals surface area contributed by atoms with Crippen LogP contribution in [0.2, 0.25) is 0 Å².